The second-order valence-corrected chi connectivity index (χ2v) is 8.23. The summed E-state index contributed by atoms with van der Waals surface area (Å²) in [5.41, 5.74) is 1.63. The maximum Gasteiger partial charge on any atom is 0.323 e. The van der Waals surface area contributed by atoms with Crippen molar-refractivity contribution in [1.82, 2.24) is 9.47 Å². The van der Waals surface area contributed by atoms with Gasteiger partial charge in [0.25, 0.3) is 5.91 Å². The number of ether oxygens (including phenoxy) is 1. The fraction of sp³-hybridized carbons (Fsp3) is 0.316. The zero-order chi connectivity index (χ0) is 19.0. The van der Waals surface area contributed by atoms with Gasteiger partial charge in [-0.15, -0.1) is 0 Å². The van der Waals surface area contributed by atoms with E-state index in [2.05, 4.69) is 0 Å². The molecule has 1 unspecified atom stereocenters. The monoisotopic (exact) mass is 402 g/mol. The number of carbonyl (C=O) groups is 2. The molecule has 2 aromatic rings. The normalized spacial score (nSPS) is 21.7. The molecule has 0 bridgehead atoms. The first-order chi connectivity index (χ1) is 13.0. The van der Waals surface area contributed by atoms with Crippen molar-refractivity contribution in [3.8, 4) is 0 Å². The maximum absolute atomic E-state index is 12.8. The highest BCUT2D eigenvalue weighted by molar-refractivity contribution is 8.26. The van der Waals surface area contributed by atoms with Crippen LogP contribution in [-0.4, -0.2) is 50.0 Å². The number of para-hydroxylation sites is 1. The zero-order valence-electron chi connectivity index (χ0n) is 14.5. The number of thiocarbonyl (C=S) groups is 1. The van der Waals surface area contributed by atoms with Crippen LogP contribution in [0.4, 0.5) is 0 Å². The number of carboxylic acids is 1. The van der Waals surface area contributed by atoms with E-state index < -0.39 is 5.97 Å². The summed E-state index contributed by atoms with van der Waals surface area (Å²) in [6, 6.07) is 7.56. The fourth-order valence-electron chi connectivity index (χ4n) is 3.46. The third-order valence-electron chi connectivity index (χ3n) is 4.70. The van der Waals surface area contributed by atoms with Crippen molar-refractivity contribution in [2.75, 3.05) is 13.2 Å². The lowest BCUT2D eigenvalue weighted by molar-refractivity contribution is -0.137. The van der Waals surface area contributed by atoms with Crippen LogP contribution >= 0.6 is 24.0 Å². The Labute approximate surface area is 165 Å². The molecule has 1 aromatic carbocycles. The molecular formula is C19H18N2O4S2. The van der Waals surface area contributed by atoms with E-state index in [1.165, 1.54) is 11.8 Å². The van der Waals surface area contributed by atoms with Crippen molar-refractivity contribution in [3.05, 3.63) is 40.9 Å². The SMILES string of the molecule is O=C(O)Cn1cc(C=C2SC(=S)N(CC3CCCO3)C2=O)c2ccccc21. The van der Waals surface area contributed by atoms with Crippen LogP contribution in [0.15, 0.2) is 35.4 Å². The van der Waals surface area contributed by atoms with E-state index in [0.717, 1.165) is 35.9 Å². The van der Waals surface area contributed by atoms with E-state index in [1.54, 1.807) is 21.7 Å². The third kappa shape index (κ3) is 3.65. The molecule has 140 valence electrons. The van der Waals surface area contributed by atoms with Crippen LogP contribution in [0.2, 0.25) is 0 Å². The average Bonchev–Trinajstić information content (AvgIpc) is 3.32. The highest BCUT2D eigenvalue weighted by Gasteiger charge is 2.34. The van der Waals surface area contributed by atoms with Gasteiger partial charge in [-0.25, -0.2) is 0 Å². The van der Waals surface area contributed by atoms with Gasteiger partial charge in [-0.3, -0.25) is 14.5 Å². The topological polar surface area (TPSA) is 71.8 Å². The molecule has 1 N–H and O–H groups in total. The number of hydrogen-bond acceptors (Lipinski definition) is 5. The Morgan fingerprint density at radius 2 is 2.22 bits per heavy atom. The minimum absolute atomic E-state index is 0.0457. The number of carbonyl (C=O) groups excluding carboxylic acids is 1. The van der Waals surface area contributed by atoms with Gasteiger partial charge in [0.05, 0.1) is 17.6 Å². The molecule has 1 atom stereocenters. The molecule has 2 aliphatic rings. The number of rotatable bonds is 5. The molecule has 2 aliphatic heterocycles. The first-order valence-electron chi connectivity index (χ1n) is 8.69. The minimum Gasteiger partial charge on any atom is -0.480 e. The zero-order valence-corrected chi connectivity index (χ0v) is 16.1. The Morgan fingerprint density at radius 3 is 2.96 bits per heavy atom. The van der Waals surface area contributed by atoms with E-state index in [0.29, 0.717) is 15.8 Å². The van der Waals surface area contributed by atoms with Crippen LogP contribution in [0.5, 0.6) is 0 Å². The fourth-order valence-corrected chi connectivity index (χ4v) is 4.72. The number of aliphatic carboxylic acids is 1. The highest BCUT2D eigenvalue weighted by Crippen LogP contribution is 2.35. The Morgan fingerprint density at radius 1 is 1.41 bits per heavy atom. The Kier molecular flexibility index (Phi) is 5.03. The predicted molar refractivity (Wildman–Crippen MR) is 108 cm³/mol. The minimum atomic E-state index is -0.912. The molecule has 3 heterocycles. The first-order valence-corrected chi connectivity index (χ1v) is 9.92. The van der Waals surface area contributed by atoms with E-state index in [-0.39, 0.29) is 18.6 Å². The van der Waals surface area contributed by atoms with Crippen molar-refractivity contribution in [2.45, 2.75) is 25.5 Å². The number of amides is 1. The summed E-state index contributed by atoms with van der Waals surface area (Å²) in [5.74, 6) is -1.03. The van der Waals surface area contributed by atoms with Gasteiger partial charge in [0.2, 0.25) is 0 Å². The van der Waals surface area contributed by atoms with Crippen molar-refractivity contribution in [3.63, 3.8) is 0 Å². The molecule has 0 spiro atoms. The first kappa shape index (κ1) is 18.2. The largest absolute Gasteiger partial charge is 0.480 e. The smallest absolute Gasteiger partial charge is 0.323 e. The molecule has 2 saturated heterocycles. The molecule has 8 heteroatoms. The summed E-state index contributed by atoms with van der Waals surface area (Å²) < 4.78 is 7.84. The summed E-state index contributed by atoms with van der Waals surface area (Å²) in [6.45, 7) is 1.09. The van der Waals surface area contributed by atoms with Crippen molar-refractivity contribution in [1.29, 1.82) is 0 Å². The van der Waals surface area contributed by atoms with E-state index in [1.807, 2.05) is 24.3 Å². The number of benzene rings is 1. The number of thioether (sulfide) groups is 1. The van der Waals surface area contributed by atoms with Gasteiger partial charge in [-0.05, 0) is 25.0 Å². The molecule has 0 radical (unpaired) electrons. The lowest BCUT2D eigenvalue weighted by atomic mass is 10.1. The van der Waals surface area contributed by atoms with Crippen molar-refractivity contribution < 1.29 is 19.4 Å². The van der Waals surface area contributed by atoms with Crippen LogP contribution in [0.3, 0.4) is 0 Å². The molecule has 27 heavy (non-hydrogen) atoms. The van der Waals surface area contributed by atoms with Crippen LogP contribution < -0.4 is 0 Å². The van der Waals surface area contributed by atoms with Gasteiger partial charge in [0, 0.05) is 29.3 Å². The van der Waals surface area contributed by atoms with Crippen LogP contribution in [0.1, 0.15) is 18.4 Å². The molecular weight excluding hydrogens is 384 g/mol. The summed E-state index contributed by atoms with van der Waals surface area (Å²) in [6.07, 6.45) is 5.57. The van der Waals surface area contributed by atoms with Gasteiger partial charge in [0.15, 0.2) is 0 Å². The van der Waals surface area contributed by atoms with E-state index >= 15 is 0 Å². The lowest BCUT2D eigenvalue weighted by Crippen LogP contribution is -2.35. The van der Waals surface area contributed by atoms with Gasteiger partial charge >= 0.3 is 5.97 Å². The van der Waals surface area contributed by atoms with E-state index in [9.17, 15) is 9.59 Å². The Hall–Kier alpha value is -2.16. The summed E-state index contributed by atoms with van der Waals surface area (Å²) in [5, 5.41) is 10.0. The van der Waals surface area contributed by atoms with Crippen molar-refractivity contribution in [2.24, 2.45) is 0 Å². The van der Waals surface area contributed by atoms with Crippen molar-refractivity contribution >= 4 is 57.2 Å². The number of fused-ring (bicyclic) bond motifs is 1. The maximum atomic E-state index is 12.8. The van der Waals surface area contributed by atoms with Crippen LogP contribution in [0, 0.1) is 0 Å². The number of carboxylic acid groups (broad SMARTS) is 1. The van der Waals surface area contributed by atoms with Gasteiger partial charge in [0.1, 0.15) is 10.9 Å². The second-order valence-electron chi connectivity index (χ2n) is 6.55. The highest BCUT2D eigenvalue weighted by atomic mass is 32.2. The van der Waals surface area contributed by atoms with Gasteiger partial charge < -0.3 is 14.4 Å². The molecule has 6 nitrogen and oxygen atoms in total. The number of hydrogen-bond donors (Lipinski definition) is 1. The molecule has 1 amide bonds. The van der Waals surface area contributed by atoms with Crippen LogP contribution in [0.25, 0.3) is 17.0 Å². The third-order valence-corrected chi connectivity index (χ3v) is 6.07. The van der Waals surface area contributed by atoms with Crippen LogP contribution in [-0.2, 0) is 20.9 Å². The molecule has 2 fully saturated rings. The molecule has 1 aromatic heterocycles. The summed E-state index contributed by atoms with van der Waals surface area (Å²) in [4.78, 5) is 26.1. The average molecular weight is 402 g/mol. The molecule has 0 aliphatic carbocycles. The second kappa shape index (κ2) is 7.46. The summed E-state index contributed by atoms with van der Waals surface area (Å²) in [7, 11) is 0. The standard InChI is InChI=1S/C19H18N2O4S2/c22-17(23)11-20-9-12(14-5-1-2-6-15(14)20)8-16-18(24)21(19(26)27-16)10-13-4-3-7-25-13/h1-2,5-6,8-9,13H,3-4,7,10-11H2,(H,22,23). The van der Waals surface area contributed by atoms with Gasteiger partial charge in [-0.1, -0.05) is 42.2 Å². The Bertz CT molecular complexity index is 960. The predicted octanol–water partition coefficient (Wildman–Crippen LogP) is 3.11. The van der Waals surface area contributed by atoms with E-state index in [4.69, 9.17) is 22.1 Å². The Balaban J connectivity index is 1.64. The molecule has 0 saturated carbocycles. The quantitative estimate of drug-likeness (QED) is 0.612. The van der Waals surface area contributed by atoms with Gasteiger partial charge in [-0.2, -0.15) is 0 Å². The summed E-state index contributed by atoms with van der Waals surface area (Å²) >= 11 is 6.67. The molecule has 4 rings (SSSR count). The number of aromatic nitrogens is 1. The lowest BCUT2D eigenvalue weighted by Gasteiger charge is -2.18. The number of nitrogens with zero attached hydrogens (tertiary/aromatic N) is 2.